The average molecular weight is 247 g/mol. The van der Waals surface area contributed by atoms with E-state index in [2.05, 4.69) is 5.32 Å². The number of nitrogens with one attached hydrogen (secondary N) is 1. The summed E-state index contributed by atoms with van der Waals surface area (Å²) < 4.78 is 4.77. The summed E-state index contributed by atoms with van der Waals surface area (Å²) in [6.07, 6.45) is 1.47. The summed E-state index contributed by atoms with van der Waals surface area (Å²) >= 11 is 0. The Kier molecular flexibility index (Phi) is 5.64. The minimum atomic E-state index is -0.336. The van der Waals surface area contributed by atoms with Crippen molar-refractivity contribution >= 4 is 11.8 Å². The molecule has 0 fully saturated rings. The number of carbonyl (C=O) groups is 2. The zero-order chi connectivity index (χ0) is 13.4. The molecule has 0 spiro atoms. The van der Waals surface area contributed by atoms with Crippen LogP contribution in [-0.2, 0) is 9.53 Å². The van der Waals surface area contributed by atoms with Gasteiger partial charge in [-0.15, -0.1) is 0 Å². The standard InChI is InChI=1S/C14H17NO3/c1-3-18-14(17)10-15-11(2)9-13(16)12-7-5-4-6-8-12/h4-9,15H,3,10H2,1-2H3. The molecule has 0 amide bonds. The normalized spacial score (nSPS) is 10.9. The lowest BCUT2D eigenvalue weighted by molar-refractivity contribution is -0.141. The summed E-state index contributed by atoms with van der Waals surface area (Å²) in [6, 6.07) is 8.96. The van der Waals surface area contributed by atoms with Crippen LogP contribution in [0, 0.1) is 0 Å². The fourth-order valence-electron chi connectivity index (χ4n) is 1.36. The number of esters is 1. The van der Waals surface area contributed by atoms with Crippen molar-refractivity contribution in [3.63, 3.8) is 0 Å². The molecule has 0 saturated carbocycles. The average Bonchev–Trinajstić information content (AvgIpc) is 2.38. The van der Waals surface area contributed by atoms with E-state index in [9.17, 15) is 9.59 Å². The predicted molar refractivity (Wildman–Crippen MR) is 69.2 cm³/mol. The van der Waals surface area contributed by atoms with Gasteiger partial charge in [0, 0.05) is 17.3 Å². The van der Waals surface area contributed by atoms with E-state index in [1.54, 1.807) is 26.0 Å². The number of allylic oxidation sites excluding steroid dienone is 2. The van der Waals surface area contributed by atoms with E-state index in [-0.39, 0.29) is 18.3 Å². The number of ether oxygens (including phenoxy) is 1. The molecule has 18 heavy (non-hydrogen) atoms. The van der Waals surface area contributed by atoms with Gasteiger partial charge in [0.1, 0.15) is 6.54 Å². The van der Waals surface area contributed by atoms with Gasteiger partial charge in [0.2, 0.25) is 0 Å². The maximum atomic E-state index is 11.8. The van der Waals surface area contributed by atoms with Crippen LogP contribution in [0.5, 0.6) is 0 Å². The molecule has 0 aliphatic heterocycles. The molecule has 1 aromatic rings. The molecule has 0 aliphatic rings. The highest BCUT2D eigenvalue weighted by Gasteiger charge is 2.04. The molecule has 1 rings (SSSR count). The number of carbonyl (C=O) groups excluding carboxylic acids is 2. The first-order valence-corrected chi connectivity index (χ1v) is 5.80. The van der Waals surface area contributed by atoms with Crippen LogP contribution in [0.25, 0.3) is 0 Å². The van der Waals surface area contributed by atoms with E-state index in [1.807, 2.05) is 18.2 Å². The van der Waals surface area contributed by atoms with Gasteiger partial charge >= 0.3 is 5.97 Å². The van der Waals surface area contributed by atoms with Crippen molar-refractivity contribution in [3.8, 4) is 0 Å². The Balaban J connectivity index is 2.51. The summed E-state index contributed by atoms with van der Waals surface area (Å²) in [4.78, 5) is 22.9. The first-order valence-electron chi connectivity index (χ1n) is 5.80. The third kappa shape index (κ3) is 4.82. The van der Waals surface area contributed by atoms with Crippen molar-refractivity contribution < 1.29 is 14.3 Å². The van der Waals surface area contributed by atoms with Crippen LogP contribution < -0.4 is 5.32 Å². The van der Waals surface area contributed by atoms with Gasteiger partial charge in [-0.2, -0.15) is 0 Å². The third-order valence-corrected chi connectivity index (χ3v) is 2.22. The second-order valence-corrected chi connectivity index (χ2v) is 3.72. The summed E-state index contributed by atoms with van der Waals surface area (Å²) in [5.74, 6) is -0.429. The van der Waals surface area contributed by atoms with Crippen molar-refractivity contribution in [3.05, 3.63) is 47.7 Å². The van der Waals surface area contributed by atoms with E-state index < -0.39 is 0 Å². The summed E-state index contributed by atoms with van der Waals surface area (Å²) in [5.41, 5.74) is 1.26. The molecule has 0 aromatic heterocycles. The minimum absolute atomic E-state index is 0.0677. The van der Waals surface area contributed by atoms with Gasteiger partial charge in [0.05, 0.1) is 6.61 Å². The molecule has 0 atom stereocenters. The van der Waals surface area contributed by atoms with Gasteiger partial charge in [0.15, 0.2) is 5.78 Å². The highest BCUT2D eigenvalue weighted by Crippen LogP contribution is 2.02. The van der Waals surface area contributed by atoms with E-state index in [0.717, 1.165) is 0 Å². The lowest BCUT2D eigenvalue weighted by atomic mass is 10.1. The maximum absolute atomic E-state index is 11.8. The zero-order valence-corrected chi connectivity index (χ0v) is 10.6. The Hall–Kier alpha value is -2.10. The largest absolute Gasteiger partial charge is 0.465 e. The Labute approximate surface area is 107 Å². The number of hydrogen-bond donors (Lipinski definition) is 1. The van der Waals surface area contributed by atoms with Crippen LogP contribution in [0.1, 0.15) is 24.2 Å². The number of hydrogen-bond acceptors (Lipinski definition) is 4. The van der Waals surface area contributed by atoms with Crippen LogP contribution >= 0.6 is 0 Å². The van der Waals surface area contributed by atoms with Crippen LogP contribution in [0.2, 0.25) is 0 Å². The van der Waals surface area contributed by atoms with E-state index >= 15 is 0 Å². The molecular formula is C14H17NO3. The SMILES string of the molecule is CCOC(=O)CNC(C)=CC(=O)c1ccccc1. The van der Waals surface area contributed by atoms with Crippen molar-refractivity contribution in [2.45, 2.75) is 13.8 Å². The molecule has 96 valence electrons. The fraction of sp³-hybridized carbons (Fsp3) is 0.286. The first-order chi connectivity index (χ1) is 8.63. The first kappa shape index (κ1) is 14.0. The van der Waals surface area contributed by atoms with Crippen LogP contribution in [0.15, 0.2) is 42.1 Å². The van der Waals surface area contributed by atoms with Crippen molar-refractivity contribution in [2.75, 3.05) is 13.2 Å². The van der Waals surface area contributed by atoms with Gasteiger partial charge in [-0.1, -0.05) is 30.3 Å². The fourth-order valence-corrected chi connectivity index (χ4v) is 1.36. The van der Waals surface area contributed by atoms with E-state index in [0.29, 0.717) is 17.9 Å². The highest BCUT2D eigenvalue weighted by atomic mass is 16.5. The molecule has 0 radical (unpaired) electrons. The molecule has 1 N–H and O–H groups in total. The number of rotatable bonds is 6. The van der Waals surface area contributed by atoms with Crippen LogP contribution in [0.3, 0.4) is 0 Å². The van der Waals surface area contributed by atoms with Crippen molar-refractivity contribution in [1.29, 1.82) is 0 Å². The summed E-state index contributed by atoms with van der Waals surface area (Å²) in [6.45, 7) is 3.91. The molecule has 4 nitrogen and oxygen atoms in total. The quantitative estimate of drug-likeness (QED) is 0.474. The Morgan fingerprint density at radius 2 is 1.94 bits per heavy atom. The molecule has 4 heteroatoms. The zero-order valence-electron chi connectivity index (χ0n) is 10.6. The van der Waals surface area contributed by atoms with Crippen molar-refractivity contribution in [2.24, 2.45) is 0 Å². The Morgan fingerprint density at radius 1 is 1.28 bits per heavy atom. The second kappa shape index (κ2) is 7.27. The topological polar surface area (TPSA) is 55.4 Å². The Bertz CT molecular complexity index is 438. The molecule has 0 aliphatic carbocycles. The smallest absolute Gasteiger partial charge is 0.325 e. The van der Waals surface area contributed by atoms with Gasteiger partial charge in [0.25, 0.3) is 0 Å². The predicted octanol–water partition coefficient (Wildman–Crippen LogP) is 1.93. The lowest BCUT2D eigenvalue weighted by Crippen LogP contribution is -2.23. The van der Waals surface area contributed by atoms with Gasteiger partial charge < -0.3 is 10.1 Å². The Morgan fingerprint density at radius 3 is 2.56 bits per heavy atom. The number of benzene rings is 1. The van der Waals surface area contributed by atoms with Crippen molar-refractivity contribution in [1.82, 2.24) is 5.32 Å². The lowest BCUT2D eigenvalue weighted by Gasteiger charge is -2.05. The molecule has 0 heterocycles. The third-order valence-electron chi connectivity index (χ3n) is 2.22. The molecule has 0 saturated heterocycles. The van der Waals surface area contributed by atoms with E-state index in [1.165, 1.54) is 6.08 Å². The van der Waals surface area contributed by atoms with Gasteiger partial charge in [-0.3, -0.25) is 9.59 Å². The monoisotopic (exact) mass is 247 g/mol. The highest BCUT2D eigenvalue weighted by molar-refractivity contribution is 6.04. The maximum Gasteiger partial charge on any atom is 0.325 e. The van der Waals surface area contributed by atoms with Crippen LogP contribution in [-0.4, -0.2) is 24.9 Å². The minimum Gasteiger partial charge on any atom is -0.465 e. The summed E-state index contributed by atoms with van der Waals surface area (Å²) in [5, 5.41) is 2.83. The second-order valence-electron chi connectivity index (χ2n) is 3.72. The molecule has 0 unspecified atom stereocenters. The molecular weight excluding hydrogens is 230 g/mol. The summed E-state index contributed by atoms with van der Waals surface area (Å²) in [7, 11) is 0. The van der Waals surface area contributed by atoms with Gasteiger partial charge in [-0.05, 0) is 13.8 Å². The van der Waals surface area contributed by atoms with E-state index in [4.69, 9.17) is 4.74 Å². The molecule has 0 bridgehead atoms. The number of ketones is 1. The van der Waals surface area contributed by atoms with Gasteiger partial charge in [-0.25, -0.2) is 0 Å². The molecule has 1 aromatic carbocycles. The van der Waals surface area contributed by atoms with Crippen LogP contribution in [0.4, 0.5) is 0 Å².